The molecule has 0 aliphatic heterocycles. The Bertz CT molecular complexity index is 583. The Morgan fingerprint density at radius 2 is 1.93 bits per heavy atom. The first-order valence-corrected chi connectivity index (χ1v) is 11.0. The molecule has 0 radical (unpaired) electrons. The molecule has 0 spiro atoms. The van der Waals surface area contributed by atoms with E-state index < -0.39 is 5.97 Å². The van der Waals surface area contributed by atoms with Gasteiger partial charge in [-0.1, -0.05) is 13.8 Å². The number of rotatable bonds is 4. The van der Waals surface area contributed by atoms with Gasteiger partial charge in [0.2, 0.25) is 0 Å². The van der Waals surface area contributed by atoms with E-state index in [9.17, 15) is 15.0 Å². The Morgan fingerprint density at radius 1 is 1.15 bits per heavy atom. The predicted molar refractivity (Wildman–Crippen MR) is 103 cm³/mol. The number of hydrogen-bond donors (Lipinski definition) is 3. The van der Waals surface area contributed by atoms with Crippen LogP contribution in [0.5, 0.6) is 0 Å². The van der Waals surface area contributed by atoms with Crippen molar-refractivity contribution in [2.45, 2.75) is 77.4 Å². The topological polar surface area (TPSA) is 92.8 Å². The van der Waals surface area contributed by atoms with Crippen LogP contribution in [-0.4, -0.2) is 41.5 Å². The quantitative estimate of drug-likeness (QED) is 0.698. The molecule has 0 amide bonds. The minimum Gasteiger partial charge on any atom is -0.481 e. The lowest BCUT2D eigenvalue weighted by Gasteiger charge is -2.62. The maximum atomic E-state index is 12.0. The number of fused-ring (bicyclic) bond motifs is 5. The van der Waals surface area contributed by atoms with Crippen molar-refractivity contribution in [2.24, 2.45) is 46.2 Å². The van der Waals surface area contributed by atoms with E-state index in [0.29, 0.717) is 36.8 Å². The fraction of sp³-hybridized carbons (Fsp3) is 0.955. The lowest BCUT2D eigenvalue weighted by atomic mass is 9.44. The highest BCUT2D eigenvalue weighted by molar-refractivity contribution is 5.71. The SMILES string of the molecule is C[C@]12CCC(O)CC1CC[C@@H]1[C@H]2C(OCCN)C[C@]2(C)C(C(=O)O)CC[C@@H]12. The van der Waals surface area contributed by atoms with Gasteiger partial charge in [-0.25, -0.2) is 0 Å². The average molecular weight is 380 g/mol. The fourth-order valence-corrected chi connectivity index (χ4v) is 8.11. The molecule has 4 fully saturated rings. The van der Waals surface area contributed by atoms with Crippen molar-refractivity contribution >= 4 is 5.97 Å². The van der Waals surface area contributed by atoms with Crippen molar-refractivity contribution in [2.75, 3.05) is 13.2 Å². The van der Waals surface area contributed by atoms with Gasteiger partial charge in [0.15, 0.2) is 0 Å². The average Bonchev–Trinajstić information content (AvgIpc) is 2.97. The zero-order valence-electron chi connectivity index (χ0n) is 16.9. The molecule has 0 bridgehead atoms. The van der Waals surface area contributed by atoms with Crippen molar-refractivity contribution in [3.63, 3.8) is 0 Å². The van der Waals surface area contributed by atoms with E-state index >= 15 is 0 Å². The molecule has 4 N–H and O–H groups in total. The molecule has 0 saturated heterocycles. The van der Waals surface area contributed by atoms with E-state index in [2.05, 4.69) is 13.8 Å². The first-order chi connectivity index (χ1) is 12.8. The number of ether oxygens (including phenoxy) is 1. The second kappa shape index (κ2) is 7.00. The zero-order chi connectivity index (χ0) is 19.4. The third-order valence-corrected chi connectivity index (χ3v) is 9.29. The van der Waals surface area contributed by atoms with Crippen molar-refractivity contribution in [3.05, 3.63) is 0 Å². The molecule has 9 atom stereocenters. The Hall–Kier alpha value is -0.650. The second-order valence-electron chi connectivity index (χ2n) is 10.4. The lowest BCUT2D eigenvalue weighted by Crippen LogP contribution is -2.60. The maximum absolute atomic E-state index is 12.0. The highest BCUT2D eigenvalue weighted by Gasteiger charge is 2.64. The molecule has 0 aromatic heterocycles. The summed E-state index contributed by atoms with van der Waals surface area (Å²) in [6, 6.07) is 0. The van der Waals surface area contributed by atoms with Crippen LogP contribution in [0.25, 0.3) is 0 Å². The Morgan fingerprint density at radius 3 is 2.63 bits per heavy atom. The molecule has 4 aliphatic rings. The summed E-state index contributed by atoms with van der Waals surface area (Å²) < 4.78 is 6.36. The summed E-state index contributed by atoms with van der Waals surface area (Å²) >= 11 is 0. The second-order valence-corrected chi connectivity index (χ2v) is 10.4. The molecule has 0 heterocycles. The summed E-state index contributed by atoms with van der Waals surface area (Å²) in [6.45, 7) is 5.72. The first-order valence-electron chi connectivity index (χ1n) is 11.0. The molecular formula is C22H37NO4. The van der Waals surface area contributed by atoms with Gasteiger partial charge in [0.25, 0.3) is 0 Å². The van der Waals surface area contributed by atoms with Crippen molar-refractivity contribution in [1.29, 1.82) is 0 Å². The van der Waals surface area contributed by atoms with Crippen LogP contribution >= 0.6 is 0 Å². The summed E-state index contributed by atoms with van der Waals surface area (Å²) in [7, 11) is 0. The zero-order valence-corrected chi connectivity index (χ0v) is 16.9. The number of aliphatic hydroxyl groups is 1. The monoisotopic (exact) mass is 379 g/mol. The van der Waals surface area contributed by atoms with E-state index in [1.165, 1.54) is 6.42 Å². The largest absolute Gasteiger partial charge is 0.481 e. The number of aliphatic carboxylic acids is 1. The van der Waals surface area contributed by atoms with Gasteiger partial charge in [0.05, 0.1) is 24.7 Å². The molecule has 4 unspecified atom stereocenters. The summed E-state index contributed by atoms with van der Waals surface area (Å²) in [5.74, 6) is 1.20. The molecule has 154 valence electrons. The van der Waals surface area contributed by atoms with Crippen molar-refractivity contribution in [3.8, 4) is 0 Å². The normalized spacial score (nSPS) is 51.9. The third-order valence-electron chi connectivity index (χ3n) is 9.29. The molecule has 4 saturated carbocycles. The standard InChI is InChI=1S/C22H37NO4/c1-21-8-7-14(24)11-13(21)3-4-15-16-5-6-17(20(25)26)22(16,2)12-18(19(15)21)27-10-9-23/h13-19,24H,3-12,23H2,1-2H3,(H,25,26)/t13?,14?,15-,16-,17?,18?,19-,21-,22-/m0/s1. The van der Waals surface area contributed by atoms with Gasteiger partial charge in [0.1, 0.15) is 0 Å². The number of aliphatic hydroxyl groups excluding tert-OH is 1. The smallest absolute Gasteiger partial charge is 0.307 e. The molecule has 27 heavy (non-hydrogen) atoms. The van der Waals surface area contributed by atoms with Gasteiger partial charge in [-0.05, 0) is 85.9 Å². The summed E-state index contributed by atoms with van der Waals surface area (Å²) in [5.41, 5.74) is 5.80. The summed E-state index contributed by atoms with van der Waals surface area (Å²) in [4.78, 5) is 12.0. The number of carboxylic acids is 1. The van der Waals surface area contributed by atoms with Gasteiger partial charge in [-0.2, -0.15) is 0 Å². The molecular weight excluding hydrogens is 342 g/mol. The van der Waals surface area contributed by atoms with Gasteiger partial charge >= 0.3 is 5.97 Å². The summed E-state index contributed by atoms with van der Waals surface area (Å²) in [5, 5.41) is 20.1. The number of nitrogens with two attached hydrogens (primary N) is 1. The Balaban J connectivity index is 1.69. The van der Waals surface area contributed by atoms with Crippen LogP contribution in [0.2, 0.25) is 0 Å². The van der Waals surface area contributed by atoms with Crippen LogP contribution in [0.3, 0.4) is 0 Å². The van der Waals surface area contributed by atoms with E-state index in [1.54, 1.807) is 0 Å². The fourth-order valence-electron chi connectivity index (χ4n) is 8.11. The molecule has 0 aromatic rings. The minimum atomic E-state index is -0.628. The molecule has 0 aromatic carbocycles. The van der Waals surface area contributed by atoms with Crippen LogP contribution in [0.15, 0.2) is 0 Å². The number of hydrogen-bond acceptors (Lipinski definition) is 4. The highest BCUT2D eigenvalue weighted by atomic mass is 16.5. The van der Waals surface area contributed by atoms with Crippen molar-refractivity contribution < 1.29 is 19.7 Å². The maximum Gasteiger partial charge on any atom is 0.307 e. The molecule has 4 aliphatic carbocycles. The van der Waals surface area contributed by atoms with Gasteiger partial charge in [-0.3, -0.25) is 4.79 Å². The van der Waals surface area contributed by atoms with Crippen LogP contribution in [0.4, 0.5) is 0 Å². The van der Waals surface area contributed by atoms with Crippen LogP contribution in [-0.2, 0) is 9.53 Å². The molecule has 4 rings (SSSR count). The van der Waals surface area contributed by atoms with Crippen LogP contribution in [0.1, 0.15) is 65.2 Å². The number of carboxylic acid groups (broad SMARTS) is 1. The lowest BCUT2D eigenvalue weighted by molar-refractivity contribution is -0.195. The first kappa shape index (κ1) is 19.7. The van der Waals surface area contributed by atoms with Crippen LogP contribution < -0.4 is 5.73 Å². The highest BCUT2D eigenvalue weighted by Crippen LogP contribution is 2.67. The number of carbonyl (C=O) groups is 1. The summed E-state index contributed by atoms with van der Waals surface area (Å²) in [6.07, 6.45) is 7.85. The minimum absolute atomic E-state index is 0.0998. The van der Waals surface area contributed by atoms with Crippen molar-refractivity contribution in [1.82, 2.24) is 0 Å². The third kappa shape index (κ3) is 2.96. The molecule has 5 nitrogen and oxygen atoms in total. The van der Waals surface area contributed by atoms with E-state index in [0.717, 1.165) is 44.9 Å². The Kier molecular flexibility index (Phi) is 5.09. The van der Waals surface area contributed by atoms with Gasteiger partial charge < -0.3 is 20.7 Å². The Labute approximate surface area is 163 Å². The predicted octanol–water partition coefficient (Wildman–Crippen LogP) is 3.04. The van der Waals surface area contributed by atoms with E-state index in [1.807, 2.05) is 0 Å². The van der Waals surface area contributed by atoms with Gasteiger partial charge in [0, 0.05) is 6.54 Å². The van der Waals surface area contributed by atoms with Crippen LogP contribution in [0, 0.1) is 40.4 Å². The van der Waals surface area contributed by atoms with E-state index in [4.69, 9.17) is 10.5 Å². The molecule has 5 heteroatoms. The van der Waals surface area contributed by atoms with Gasteiger partial charge in [-0.15, -0.1) is 0 Å². The van der Waals surface area contributed by atoms with E-state index in [-0.39, 0.29) is 29.0 Å².